The van der Waals surface area contributed by atoms with E-state index >= 15 is 0 Å². The number of hydroxylamine groups is 1. The summed E-state index contributed by atoms with van der Waals surface area (Å²) in [5.74, 6) is -0.112. The molecule has 70 valence electrons. The SMILES string of the molecule is O=C(NO)[C@@H]1C[C@H]1c1ccc(Cl)s1. The minimum atomic E-state index is -0.297. The van der Waals surface area contributed by atoms with Crippen LogP contribution in [0, 0.1) is 5.92 Å². The van der Waals surface area contributed by atoms with Crippen LogP contribution in [0.2, 0.25) is 4.34 Å². The Morgan fingerprint density at radius 3 is 3.00 bits per heavy atom. The quantitative estimate of drug-likeness (QED) is 0.588. The number of carbonyl (C=O) groups excluding carboxylic acids is 1. The van der Waals surface area contributed by atoms with Crippen molar-refractivity contribution in [3.8, 4) is 0 Å². The van der Waals surface area contributed by atoms with Gasteiger partial charge >= 0.3 is 0 Å². The van der Waals surface area contributed by atoms with Gasteiger partial charge in [0.1, 0.15) is 0 Å². The number of halogens is 1. The Hall–Kier alpha value is -0.580. The lowest BCUT2D eigenvalue weighted by molar-refractivity contribution is -0.130. The first kappa shape index (κ1) is 8.99. The summed E-state index contributed by atoms with van der Waals surface area (Å²) in [5, 5.41) is 8.39. The van der Waals surface area contributed by atoms with E-state index in [2.05, 4.69) is 0 Å². The van der Waals surface area contributed by atoms with E-state index in [0.717, 1.165) is 15.6 Å². The number of hydrogen-bond donors (Lipinski definition) is 2. The first-order valence-electron chi connectivity index (χ1n) is 3.91. The lowest BCUT2D eigenvalue weighted by Gasteiger charge is -1.94. The number of carbonyl (C=O) groups is 1. The van der Waals surface area contributed by atoms with E-state index in [9.17, 15) is 4.79 Å². The smallest absolute Gasteiger partial charge is 0.247 e. The first-order chi connectivity index (χ1) is 6.22. The molecule has 0 aliphatic heterocycles. The van der Waals surface area contributed by atoms with Gasteiger partial charge in [-0.2, -0.15) is 0 Å². The Labute approximate surface area is 84.3 Å². The van der Waals surface area contributed by atoms with Crippen LogP contribution in [-0.2, 0) is 4.79 Å². The molecule has 1 aliphatic rings. The van der Waals surface area contributed by atoms with Gasteiger partial charge in [0.25, 0.3) is 0 Å². The summed E-state index contributed by atoms with van der Waals surface area (Å²) in [5.41, 5.74) is 1.67. The van der Waals surface area contributed by atoms with Gasteiger partial charge in [-0.1, -0.05) is 11.6 Å². The highest BCUT2D eigenvalue weighted by molar-refractivity contribution is 7.16. The lowest BCUT2D eigenvalue weighted by Crippen LogP contribution is -2.20. The largest absolute Gasteiger partial charge is 0.289 e. The van der Waals surface area contributed by atoms with Gasteiger partial charge in [0, 0.05) is 16.7 Å². The van der Waals surface area contributed by atoms with Crippen LogP contribution in [-0.4, -0.2) is 11.1 Å². The summed E-state index contributed by atoms with van der Waals surface area (Å²) in [6.07, 6.45) is 0.809. The van der Waals surface area contributed by atoms with Crippen molar-refractivity contribution in [1.29, 1.82) is 0 Å². The fourth-order valence-electron chi connectivity index (χ4n) is 1.41. The average molecular weight is 218 g/mol. The molecular formula is C8H8ClNO2S. The highest BCUT2D eigenvalue weighted by atomic mass is 35.5. The zero-order chi connectivity index (χ0) is 9.42. The van der Waals surface area contributed by atoms with Crippen molar-refractivity contribution in [2.45, 2.75) is 12.3 Å². The van der Waals surface area contributed by atoms with Crippen molar-refractivity contribution >= 4 is 28.8 Å². The molecule has 0 unspecified atom stereocenters. The van der Waals surface area contributed by atoms with Crippen LogP contribution in [0.1, 0.15) is 17.2 Å². The average Bonchev–Trinajstić information content (AvgIpc) is 2.82. The maximum atomic E-state index is 11.0. The predicted molar refractivity (Wildman–Crippen MR) is 50.1 cm³/mol. The molecule has 1 aromatic heterocycles. The van der Waals surface area contributed by atoms with Gasteiger partial charge in [-0.25, -0.2) is 5.48 Å². The van der Waals surface area contributed by atoms with Gasteiger partial charge in [-0.3, -0.25) is 10.0 Å². The number of amides is 1. The molecule has 1 amide bonds. The molecule has 0 aromatic carbocycles. The second kappa shape index (κ2) is 3.29. The molecule has 1 aliphatic carbocycles. The minimum Gasteiger partial charge on any atom is -0.289 e. The highest BCUT2D eigenvalue weighted by Crippen LogP contribution is 2.50. The summed E-state index contributed by atoms with van der Waals surface area (Å²) >= 11 is 7.26. The molecule has 2 rings (SSSR count). The van der Waals surface area contributed by atoms with Crippen molar-refractivity contribution in [2.75, 3.05) is 0 Å². The Morgan fingerprint density at radius 1 is 1.69 bits per heavy atom. The molecule has 2 atom stereocenters. The lowest BCUT2D eigenvalue weighted by atomic mass is 10.2. The molecule has 0 spiro atoms. The standard InChI is InChI=1S/C8H8ClNO2S/c9-7-2-1-6(13-7)4-3-5(4)8(11)10-12/h1-2,4-5,12H,3H2,(H,10,11)/t4-,5-/m1/s1. The van der Waals surface area contributed by atoms with Gasteiger partial charge in [0.05, 0.1) is 4.34 Å². The van der Waals surface area contributed by atoms with Gasteiger partial charge in [0.2, 0.25) is 5.91 Å². The van der Waals surface area contributed by atoms with E-state index < -0.39 is 0 Å². The van der Waals surface area contributed by atoms with Crippen LogP contribution in [0.15, 0.2) is 12.1 Å². The zero-order valence-electron chi connectivity index (χ0n) is 6.66. The molecular weight excluding hydrogens is 210 g/mol. The van der Waals surface area contributed by atoms with E-state index in [0.29, 0.717) is 0 Å². The van der Waals surface area contributed by atoms with E-state index in [1.807, 2.05) is 12.1 Å². The predicted octanol–water partition coefficient (Wildman–Crippen LogP) is 2.01. The van der Waals surface area contributed by atoms with Crippen LogP contribution in [0.25, 0.3) is 0 Å². The molecule has 13 heavy (non-hydrogen) atoms. The number of thiophene rings is 1. The van der Waals surface area contributed by atoms with Gasteiger partial charge in [-0.15, -0.1) is 11.3 Å². The summed E-state index contributed by atoms with van der Waals surface area (Å²) in [4.78, 5) is 12.1. The van der Waals surface area contributed by atoms with Crippen molar-refractivity contribution in [3.05, 3.63) is 21.3 Å². The highest BCUT2D eigenvalue weighted by Gasteiger charge is 2.44. The monoisotopic (exact) mass is 217 g/mol. The molecule has 1 heterocycles. The molecule has 0 bridgehead atoms. The van der Waals surface area contributed by atoms with Crippen LogP contribution < -0.4 is 5.48 Å². The topological polar surface area (TPSA) is 49.3 Å². The van der Waals surface area contributed by atoms with Crippen molar-refractivity contribution in [2.24, 2.45) is 5.92 Å². The Morgan fingerprint density at radius 2 is 2.46 bits per heavy atom. The molecule has 1 aromatic rings. The fourth-order valence-corrected chi connectivity index (χ4v) is 2.65. The van der Waals surface area contributed by atoms with E-state index in [1.54, 1.807) is 5.48 Å². The third-order valence-electron chi connectivity index (χ3n) is 2.20. The summed E-state index contributed by atoms with van der Waals surface area (Å²) in [7, 11) is 0. The van der Waals surface area contributed by atoms with Crippen LogP contribution in [0.5, 0.6) is 0 Å². The van der Waals surface area contributed by atoms with E-state index in [1.165, 1.54) is 11.3 Å². The number of nitrogens with one attached hydrogen (secondary N) is 1. The van der Waals surface area contributed by atoms with Gasteiger partial charge in [-0.05, 0) is 18.6 Å². The van der Waals surface area contributed by atoms with Crippen molar-refractivity contribution < 1.29 is 10.0 Å². The second-order valence-corrected chi connectivity index (χ2v) is 4.81. The number of rotatable bonds is 2. The van der Waals surface area contributed by atoms with Crippen molar-refractivity contribution in [1.82, 2.24) is 5.48 Å². The Bertz CT molecular complexity index is 339. The molecule has 3 nitrogen and oxygen atoms in total. The third-order valence-corrected chi connectivity index (χ3v) is 3.56. The molecule has 1 saturated carbocycles. The molecule has 5 heteroatoms. The summed E-state index contributed by atoms with van der Waals surface area (Å²) < 4.78 is 0.741. The van der Waals surface area contributed by atoms with Gasteiger partial charge in [0.15, 0.2) is 0 Å². The molecule has 0 radical (unpaired) electrons. The third kappa shape index (κ3) is 1.70. The van der Waals surface area contributed by atoms with Crippen LogP contribution >= 0.6 is 22.9 Å². The maximum Gasteiger partial charge on any atom is 0.247 e. The number of hydrogen-bond acceptors (Lipinski definition) is 3. The molecule has 1 fully saturated rings. The Balaban J connectivity index is 2.04. The first-order valence-corrected chi connectivity index (χ1v) is 5.11. The van der Waals surface area contributed by atoms with Crippen LogP contribution in [0.3, 0.4) is 0 Å². The Kier molecular flexibility index (Phi) is 2.27. The van der Waals surface area contributed by atoms with E-state index in [-0.39, 0.29) is 17.7 Å². The van der Waals surface area contributed by atoms with Gasteiger partial charge < -0.3 is 0 Å². The molecule has 2 N–H and O–H groups in total. The normalized spacial score (nSPS) is 25.7. The zero-order valence-corrected chi connectivity index (χ0v) is 8.23. The van der Waals surface area contributed by atoms with E-state index in [4.69, 9.17) is 16.8 Å². The summed E-state index contributed by atoms with van der Waals surface area (Å²) in [6, 6.07) is 3.76. The second-order valence-electron chi connectivity index (χ2n) is 3.07. The van der Waals surface area contributed by atoms with Crippen LogP contribution in [0.4, 0.5) is 0 Å². The summed E-state index contributed by atoms with van der Waals surface area (Å²) in [6.45, 7) is 0. The molecule has 0 saturated heterocycles. The fraction of sp³-hybridized carbons (Fsp3) is 0.375. The van der Waals surface area contributed by atoms with Crippen molar-refractivity contribution in [3.63, 3.8) is 0 Å². The maximum absolute atomic E-state index is 11.0. The minimum absolute atomic E-state index is 0.0697.